The third kappa shape index (κ3) is 3.65. The third-order valence-electron chi connectivity index (χ3n) is 2.22. The molecule has 0 fully saturated rings. The molecule has 2 nitrogen and oxygen atoms in total. The first-order chi connectivity index (χ1) is 5.84. The van der Waals surface area contributed by atoms with Crippen molar-refractivity contribution in [2.24, 2.45) is 5.73 Å². The molecule has 0 aromatic rings. The van der Waals surface area contributed by atoms with E-state index in [9.17, 15) is 0 Å². The van der Waals surface area contributed by atoms with Crippen molar-refractivity contribution in [2.75, 3.05) is 0 Å². The highest BCUT2D eigenvalue weighted by molar-refractivity contribution is 5.13. The highest BCUT2D eigenvalue weighted by Gasteiger charge is 2.19. The van der Waals surface area contributed by atoms with Crippen LogP contribution in [0.4, 0.5) is 0 Å². The first-order valence-electron chi connectivity index (χ1n) is 5.01. The van der Waals surface area contributed by atoms with Crippen LogP contribution in [0, 0.1) is 0 Å². The van der Waals surface area contributed by atoms with E-state index < -0.39 is 0 Å². The molecule has 0 aromatic carbocycles. The van der Waals surface area contributed by atoms with Gasteiger partial charge in [0.05, 0.1) is 0 Å². The molecule has 0 atom stereocenters. The molecule has 2 heteroatoms. The first-order valence-corrected chi connectivity index (χ1v) is 5.01. The van der Waals surface area contributed by atoms with Crippen LogP contribution in [-0.2, 0) is 4.74 Å². The maximum atomic E-state index is 5.39. The van der Waals surface area contributed by atoms with E-state index in [-0.39, 0.29) is 0 Å². The van der Waals surface area contributed by atoms with Crippen molar-refractivity contribution in [1.82, 2.24) is 0 Å². The fraction of sp³-hybridized carbons (Fsp3) is 0.800. The zero-order chi connectivity index (χ0) is 8.81. The van der Waals surface area contributed by atoms with Crippen molar-refractivity contribution in [3.05, 3.63) is 11.6 Å². The van der Waals surface area contributed by atoms with Crippen LogP contribution in [0.1, 0.15) is 51.9 Å². The second-order valence-corrected chi connectivity index (χ2v) is 3.41. The molecule has 1 heterocycles. The summed E-state index contributed by atoms with van der Waals surface area (Å²) in [6, 6.07) is 0. The molecular weight excluding hydrogens is 150 g/mol. The van der Waals surface area contributed by atoms with Gasteiger partial charge in [0.25, 0.3) is 0 Å². The standard InChI is InChI=1S/C10H19NO/c1-2-3-4-5-6-7-8-9-10(11)12-9/h2-8,11H2,1H3. The number of rotatable bonds is 7. The molecular formula is C10H19NO. The lowest BCUT2D eigenvalue weighted by molar-refractivity contribution is 0.442. The molecule has 0 amide bonds. The molecule has 0 radical (unpaired) electrons. The van der Waals surface area contributed by atoms with Crippen LogP contribution in [0.2, 0.25) is 0 Å². The fourth-order valence-electron chi connectivity index (χ4n) is 1.35. The van der Waals surface area contributed by atoms with Gasteiger partial charge >= 0.3 is 0 Å². The normalized spacial score (nSPS) is 14.8. The van der Waals surface area contributed by atoms with E-state index in [1.807, 2.05) is 0 Å². The first kappa shape index (κ1) is 9.43. The lowest BCUT2D eigenvalue weighted by Crippen LogP contribution is -1.79. The van der Waals surface area contributed by atoms with Crippen molar-refractivity contribution in [2.45, 2.75) is 51.9 Å². The maximum Gasteiger partial charge on any atom is 0.229 e. The summed E-state index contributed by atoms with van der Waals surface area (Å²) in [5, 5.41) is 0. The predicted octanol–water partition coefficient (Wildman–Crippen LogP) is 2.90. The SMILES string of the molecule is CCCCCCCCC1=C(N)O1. The van der Waals surface area contributed by atoms with Crippen LogP contribution < -0.4 is 5.73 Å². The summed E-state index contributed by atoms with van der Waals surface area (Å²) in [7, 11) is 0. The molecule has 12 heavy (non-hydrogen) atoms. The van der Waals surface area contributed by atoms with Crippen LogP contribution in [0.5, 0.6) is 0 Å². The molecule has 0 unspecified atom stereocenters. The van der Waals surface area contributed by atoms with Gasteiger partial charge in [-0.3, -0.25) is 0 Å². The van der Waals surface area contributed by atoms with Crippen molar-refractivity contribution >= 4 is 0 Å². The second-order valence-electron chi connectivity index (χ2n) is 3.41. The van der Waals surface area contributed by atoms with E-state index in [0.717, 1.165) is 12.2 Å². The Labute approximate surface area is 74.8 Å². The third-order valence-corrected chi connectivity index (χ3v) is 2.22. The predicted molar refractivity (Wildman–Crippen MR) is 50.3 cm³/mol. The summed E-state index contributed by atoms with van der Waals surface area (Å²) in [6.07, 6.45) is 9.05. The number of hydrogen-bond donors (Lipinski definition) is 1. The lowest BCUT2D eigenvalue weighted by Gasteiger charge is -1.96. The van der Waals surface area contributed by atoms with Crippen LogP contribution in [0.3, 0.4) is 0 Å². The molecule has 0 spiro atoms. The Bertz CT molecular complexity index is 163. The van der Waals surface area contributed by atoms with Gasteiger partial charge < -0.3 is 10.5 Å². The van der Waals surface area contributed by atoms with Gasteiger partial charge in [0.1, 0.15) is 0 Å². The molecule has 0 bridgehead atoms. The number of ether oxygens (including phenoxy) is 1. The smallest absolute Gasteiger partial charge is 0.229 e. The van der Waals surface area contributed by atoms with Gasteiger partial charge in [0.15, 0.2) is 5.76 Å². The number of allylic oxidation sites excluding steroid dienone is 1. The highest BCUT2D eigenvalue weighted by atomic mass is 16.6. The monoisotopic (exact) mass is 169 g/mol. The second kappa shape index (κ2) is 5.07. The Kier molecular flexibility index (Phi) is 3.98. The average Bonchev–Trinajstić information content (AvgIpc) is 2.74. The molecule has 0 aromatic heterocycles. The van der Waals surface area contributed by atoms with Gasteiger partial charge in [-0.05, 0) is 6.42 Å². The topological polar surface area (TPSA) is 38.5 Å². The molecule has 2 N–H and O–H groups in total. The largest absolute Gasteiger partial charge is 0.437 e. The van der Waals surface area contributed by atoms with E-state index in [1.54, 1.807) is 0 Å². The van der Waals surface area contributed by atoms with E-state index >= 15 is 0 Å². The van der Waals surface area contributed by atoms with Crippen LogP contribution in [0.25, 0.3) is 0 Å². The molecule has 1 aliphatic rings. The Balaban J connectivity index is 1.78. The minimum absolute atomic E-state index is 0.670. The van der Waals surface area contributed by atoms with Crippen LogP contribution in [0.15, 0.2) is 11.6 Å². The highest BCUT2D eigenvalue weighted by Crippen LogP contribution is 2.26. The van der Waals surface area contributed by atoms with E-state index in [1.165, 1.54) is 38.5 Å². The van der Waals surface area contributed by atoms with Gasteiger partial charge in [-0.25, -0.2) is 0 Å². The van der Waals surface area contributed by atoms with Gasteiger partial charge in [-0.2, -0.15) is 0 Å². The summed E-state index contributed by atoms with van der Waals surface area (Å²) in [4.78, 5) is 0. The van der Waals surface area contributed by atoms with Gasteiger partial charge in [-0.1, -0.05) is 39.0 Å². The fourth-order valence-corrected chi connectivity index (χ4v) is 1.35. The maximum absolute atomic E-state index is 5.39. The summed E-state index contributed by atoms with van der Waals surface area (Å²) in [6.45, 7) is 2.24. The van der Waals surface area contributed by atoms with E-state index in [0.29, 0.717) is 5.88 Å². The summed E-state index contributed by atoms with van der Waals surface area (Å²) >= 11 is 0. The van der Waals surface area contributed by atoms with Crippen LogP contribution in [-0.4, -0.2) is 0 Å². The van der Waals surface area contributed by atoms with E-state index in [2.05, 4.69) is 6.92 Å². The Morgan fingerprint density at radius 1 is 1.08 bits per heavy atom. The summed E-state index contributed by atoms with van der Waals surface area (Å²) < 4.78 is 4.96. The van der Waals surface area contributed by atoms with Crippen molar-refractivity contribution < 1.29 is 4.74 Å². The minimum atomic E-state index is 0.670. The summed E-state index contributed by atoms with van der Waals surface area (Å²) in [5.41, 5.74) is 5.39. The zero-order valence-corrected chi connectivity index (χ0v) is 7.94. The van der Waals surface area contributed by atoms with Gasteiger partial charge in [0, 0.05) is 6.42 Å². The molecule has 0 saturated heterocycles. The number of nitrogens with two attached hydrogens (primary N) is 1. The summed E-state index contributed by atoms with van der Waals surface area (Å²) in [5.74, 6) is 1.70. The van der Waals surface area contributed by atoms with E-state index in [4.69, 9.17) is 10.5 Å². The van der Waals surface area contributed by atoms with Gasteiger partial charge in [-0.15, -0.1) is 0 Å². The number of hydrogen-bond acceptors (Lipinski definition) is 2. The average molecular weight is 169 g/mol. The Morgan fingerprint density at radius 3 is 2.25 bits per heavy atom. The molecule has 0 saturated carbocycles. The molecule has 1 rings (SSSR count). The van der Waals surface area contributed by atoms with Crippen molar-refractivity contribution in [3.63, 3.8) is 0 Å². The molecule has 70 valence electrons. The van der Waals surface area contributed by atoms with Gasteiger partial charge in [0.2, 0.25) is 5.88 Å². The van der Waals surface area contributed by atoms with Crippen LogP contribution >= 0.6 is 0 Å². The van der Waals surface area contributed by atoms with Crippen molar-refractivity contribution in [3.8, 4) is 0 Å². The van der Waals surface area contributed by atoms with Crippen molar-refractivity contribution in [1.29, 1.82) is 0 Å². The Morgan fingerprint density at radius 2 is 1.67 bits per heavy atom. The zero-order valence-electron chi connectivity index (χ0n) is 7.94. The number of unbranched alkanes of at least 4 members (excludes halogenated alkanes) is 5. The minimum Gasteiger partial charge on any atom is -0.437 e. The quantitative estimate of drug-likeness (QED) is 0.595. The molecule has 0 aliphatic carbocycles. The Hall–Kier alpha value is -0.660. The molecule has 1 aliphatic heterocycles. The lowest BCUT2D eigenvalue weighted by atomic mass is 10.1.